The first-order valence-corrected chi connectivity index (χ1v) is 6.75. The first-order chi connectivity index (χ1) is 8.18. The fourth-order valence-electron chi connectivity index (χ4n) is 1.46. The van der Waals surface area contributed by atoms with Crippen molar-refractivity contribution in [2.24, 2.45) is 0 Å². The lowest BCUT2D eigenvalue weighted by Crippen LogP contribution is -2.23. The van der Waals surface area contributed by atoms with Gasteiger partial charge in [-0.15, -0.1) is 0 Å². The van der Waals surface area contributed by atoms with Crippen molar-refractivity contribution in [3.8, 4) is 0 Å². The van der Waals surface area contributed by atoms with Crippen molar-refractivity contribution in [3.05, 3.63) is 66.2 Å². The van der Waals surface area contributed by atoms with E-state index >= 15 is 0 Å². The van der Waals surface area contributed by atoms with E-state index in [0.29, 0.717) is 6.54 Å². The minimum Gasteiger partial charge on any atom is -0.207 e. The molecule has 0 aliphatic carbocycles. The second kappa shape index (κ2) is 5.12. The monoisotopic (exact) mass is 247 g/mol. The second-order valence-corrected chi connectivity index (χ2v) is 5.39. The van der Waals surface area contributed by atoms with Crippen LogP contribution >= 0.6 is 0 Å². The number of benzene rings is 2. The average Bonchev–Trinajstić information content (AvgIpc) is 2.39. The van der Waals surface area contributed by atoms with Crippen molar-refractivity contribution in [2.75, 3.05) is 0 Å². The molecule has 0 unspecified atom stereocenters. The molecule has 0 aliphatic rings. The van der Waals surface area contributed by atoms with Crippen LogP contribution in [0.25, 0.3) is 0 Å². The predicted molar refractivity (Wildman–Crippen MR) is 66.9 cm³/mol. The molecule has 0 aliphatic heterocycles. The van der Waals surface area contributed by atoms with Crippen LogP contribution in [0.1, 0.15) is 5.56 Å². The van der Waals surface area contributed by atoms with E-state index in [4.69, 9.17) is 0 Å². The van der Waals surface area contributed by atoms with Crippen LogP contribution in [0.4, 0.5) is 0 Å². The second-order valence-electron chi connectivity index (χ2n) is 3.62. The summed E-state index contributed by atoms with van der Waals surface area (Å²) in [7, 11) is -3.41. The van der Waals surface area contributed by atoms with Gasteiger partial charge in [-0.25, -0.2) is 13.1 Å². The van der Waals surface area contributed by atoms with Crippen LogP contribution in [0.15, 0.2) is 65.6 Å². The maximum Gasteiger partial charge on any atom is 0.240 e. The molecule has 2 aromatic carbocycles. The summed E-state index contributed by atoms with van der Waals surface area (Å²) in [6.45, 7) is 0.304. The molecule has 1 N–H and O–H groups in total. The van der Waals surface area contributed by atoms with Gasteiger partial charge in [0, 0.05) is 6.54 Å². The van der Waals surface area contributed by atoms with Crippen molar-refractivity contribution in [3.63, 3.8) is 0 Å². The van der Waals surface area contributed by atoms with Gasteiger partial charge < -0.3 is 0 Å². The number of sulfonamides is 1. The van der Waals surface area contributed by atoms with E-state index in [1.54, 1.807) is 30.3 Å². The number of rotatable bonds is 4. The molecule has 3 nitrogen and oxygen atoms in total. The normalized spacial score (nSPS) is 11.3. The predicted octanol–water partition coefficient (Wildman–Crippen LogP) is 2.17. The lowest BCUT2D eigenvalue weighted by molar-refractivity contribution is 0.581. The van der Waals surface area contributed by atoms with E-state index in [2.05, 4.69) is 4.72 Å². The molecule has 0 spiro atoms. The minimum absolute atomic E-state index is 0.288. The number of hydrogen-bond acceptors (Lipinski definition) is 2. The summed E-state index contributed by atoms with van der Waals surface area (Å²) in [5, 5.41) is 0. The number of nitrogens with one attached hydrogen (secondary N) is 1. The molecule has 88 valence electrons. The van der Waals surface area contributed by atoms with Gasteiger partial charge in [-0.3, -0.25) is 0 Å². The smallest absolute Gasteiger partial charge is 0.207 e. The standard InChI is InChI=1S/C13H13NO2S/c15-17(16,13-9-5-2-6-10-13)14-11-12-7-3-1-4-8-12/h1-10,14H,11H2. The highest BCUT2D eigenvalue weighted by Gasteiger charge is 2.12. The van der Waals surface area contributed by atoms with Crippen molar-refractivity contribution < 1.29 is 8.42 Å². The van der Waals surface area contributed by atoms with Crippen molar-refractivity contribution in [1.29, 1.82) is 0 Å². The molecule has 0 amide bonds. The highest BCUT2D eigenvalue weighted by Crippen LogP contribution is 2.08. The summed E-state index contributed by atoms with van der Waals surface area (Å²) in [5.74, 6) is 0. The summed E-state index contributed by atoms with van der Waals surface area (Å²) >= 11 is 0. The zero-order valence-corrected chi connectivity index (χ0v) is 10.0. The SMILES string of the molecule is O=S(=O)(NCc1ccccc1)c1ccccc1. The van der Waals surface area contributed by atoms with Crippen LogP contribution in [-0.4, -0.2) is 8.42 Å². The molecule has 2 rings (SSSR count). The van der Waals surface area contributed by atoms with Crippen LogP contribution in [0.5, 0.6) is 0 Å². The van der Waals surface area contributed by atoms with Gasteiger partial charge in [-0.05, 0) is 17.7 Å². The van der Waals surface area contributed by atoms with E-state index in [0.717, 1.165) is 5.56 Å². The summed E-state index contributed by atoms with van der Waals surface area (Å²) < 4.78 is 26.4. The summed E-state index contributed by atoms with van der Waals surface area (Å²) in [4.78, 5) is 0.288. The Labute approximate surface area is 101 Å². The van der Waals surface area contributed by atoms with Crippen LogP contribution in [0.2, 0.25) is 0 Å². The molecule has 0 atom stereocenters. The molecule has 0 aromatic heterocycles. The molecule has 0 radical (unpaired) electrons. The Balaban J connectivity index is 2.09. The third-order valence-electron chi connectivity index (χ3n) is 2.36. The highest BCUT2D eigenvalue weighted by molar-refractivity contribution is 7.89. The maximum absolute atomic E-state index is 11.9. The van der Waals surface area contributed by atoms with Gasteiger partial charge >= 0.3 is 0 Å². The third kappa shape index (κ3) is 3.15. The molecule has 17 heavy (non-hydrogen) atoms. The largest absolute Gasteiger partial charge is 0.240 e. The average molecular weight is 247 g/mol. The fraction of sp³-hybridized carbons (Fsp3) is 0.0769. The van der Waals surface area contributed by atoms with Crippen LogP contribution in [-0.2, 0) is 16.6 Å². The Hall–Kier alpha value is -1.65. The molecule has 4 heteroatoms. The number of hydrogen-bond donors (Lipinski definition) is 1. The molecule has 0 fully saturated rings. The summed E-state index contributed by atoms with van der Waals surface area (Å²) in [6, 6.07) is 17.8. The Morgan fingerprint density at radius 1 is 0.824 bits per heavy atom. The third-order valence-corrected chi connectivity index (χ3v) is 3.78. The Morgan fingerprint density at radius 3 is 1.94 bits per heavy atom. The lowest BCUT2D eigenvalue weighted by Gasteiger charge is -2.06. The maximum atomic E-state index is 11.9. The molecular weight excluding hydrogens is 234 g/mol. The van der Waals surface area contributed by atoms with Crippen molar-refractivity contribution >= 4 is 10.0 Å². The van der Waals surface area contributed by atoms with Gasteiger partial charge in [0.15, 0.2) is 0 Å². The van der Waals surface area contributed by atoms with Crippen LogP contribution < -0.4 is 4.72 Å². The van der Waals surface area contributed by atoms with Crippen LogP contribution in [0.3, 0.4) is 0 Å². The molecule has 0 heterocycles. The topological polar surface area (TPSA) is 46.2 Å². The molecule has 0 saturated heterocycles. The molecule has 0 saturated carbocycles. The Kier molecular flexibility index (Phi) is 3.56. The Bertz CT molecular complexity index is 565. The van der Waals surface area contributed by atoms with Gasteiger partial charge in [0.25, 0.3) is 0 Å². The lowest BCUT2D eigenvalue weighted by atomic mass is 10.2. The summed E-state index contributed by atoms with van der Waals surface area (Å²) in [6.07, 6.45) is 0. The van der Waals surface area contributed by atoms with E-state index in [9.17, 15) is 8.42 Å². The van der Waals surface area contributed by atoms with Gasteiger partial charge in [0.1, 0.15) is 0 Å². The van der Waals surface area contributed by atoms with Gasteiger partial charge in [-0.2, -0.15) is 0 Å². The fourth-order valence-corrected chi connectivity index (χ4v) is 2.50. The Morgan fingerprint density at radius 2 is 1.35 bits per heavy atom. The van der Waals surface area contributed by atoms with E-state index < -0.39 is 10.0 Å². The van der Waals surface area contributed by atoms with E-state index in [-0.39, 0.29) is 4.90 Å². The van der Waals surface area contributed by atoms with E-state index in [1.165, 1.54) is 0 Å². The zero-order valence-electron chi connectivity index (χ0n) is 9.21. The van der Waals surface area contributed by atoms with E-state index in [1.807, 2.05) is 30.3 Å². The summed E-state index contributed by atoms with van der Waals surface area (Å²) in [5.41, 5.74) is 0.937. The molecule has 2 aromatic rings. The minimum atomic E-state index is -3.41. The molecular formula is C13H13NO2S. The van der Waals surface area contributed by atoms with Crippen molar-refractivity contribution in [1.82, 2.24) is 4.72 Å². The quantitative estimate of drug-likeness (QED) is 0.900. The first kappa shape index (κ1) is 11.8. The highest BCUT2D eigenvalue weighted by atomic mass is 32.2. The molecule has 0 bridgehead atoms. The van der Waals surface area contributed by atoms with Gasteiger partial charge in [0.2, 0.25) is 10.0 Å². The van der Waals surface area contributed by atoms with Gasteiger partial charge in [0.05, 0.1) is 4.90 Å². The van der Waals surface area contributed by atoms with Crippen LogP contribution in [0, 0.1) is 0 Å². The first-order valence-electron chi connectivity index (χ1n) is 5.27. The zero-order chi connectivity index (χ0) is 12.1. The van der Waals surface area contributed by atoms with Crippen molar-refractivity contribution in [2.45, 2.75) is 11.4 Å². The van der Waals surface area contributed by atoms with Gasteiger partial charge in [-0.1, -0.05) is 48.5 Å².